The van der Waals surface area contributed by atoms with Gasteiger partial charge in [-0.3, -0.25) is 0 Å². The van der Waals surface area contributed by atoms with Crippen LogP contribution in [0.1, 0.15) is 40.0 Å². The summed E-state index contributed by atoms with van der Waals surface area (Å²) in [6.45, 7) is 6.85. The molecule has 1 aromatic heterocycles. The van der Waals surface area contributed by atoms with Gasteiger partial charge in [-0.25, -0.2) is 0 Å². The standard InChI is InChI=1S/C12H21N5O/c1-4-7-13-10-15-11(14-9-5-6-9)17-12(16-10)18-8(2)3/h8-9H,4-7H2,1-3H3,(H2,13,14,15,16,17). The highest BCUT2D eigenvalue weighted by Gasteiger charge is 2.22. The molecule has 0 bridgehead atoms. The normalized spacial score (nSPS) is 14.7. The van der Waals surface area contributed by atoms with E-state index >= 15 is 0 Å². The quantitative estimate of drug-likeness (QED) is 0.773. The lowest BCUT2D eigenvalue weighted by atomic mass is 10.5. The van der Waals surface area contributed by atoms with Crippen molar-refractivity contribution in [3.8, 4) is 6.01 Å². The first-order valence-corrected chi connectivity index (χ1v) is 6.60. The maximum absolute atomic E-state index is 5.54. The predicted octanol–water partition coefficient (Wildman–Crippen LogP) is 2.05. The molecule has 100 valence electrons. The van der Waals surface area contributed by atoms with Crippen molar-refractivity contribution < 1.29 is 4.74 Å². The first kappa shape index (κ1) is 12.9. The summed E-state index contributed by atoms with van der Waals surface area (Å²) in [7, 11) is 0. The van der Waals surface area contributed by atoms with E-state index in [4.69, 9.17) is 4.74 Å². The second-order valence-corrected chi connectivity index (χ2v) is 4.78. The van der Waals surface area contributed by atoms with Crippen LogP contribution in [0.2, 0.25) is 0 Å². The molecule has 1 aliphatic rings. The molecule has 1 aliphatic carbocycles. The summed E-state index contributed by atoms with van der Waals surface area (Å²) in [6.07, 6.45) is 3.45. The molecule has 0 radical (unpaired) electrons. The number of nitrogens with zero attached hydrogens (tertiary/aromatic N) is 3. The number of hydrogen-bond acceptors (Lipinski definition) is 6. The predicted molar refractivity (Wildman–Crippen MR) is 71.0 cm³/mol. The highest BCUT2D eigenvalue weighted by Crippen LogP contribution is 2.24. The van der Waals surface area contributed by atoms with Crippen LogP contribution < -0.4 is 15.4 Å². The van der Waals surface area contributed by atoms with Gasteiger partial charge >= 0.3 is 6.01 Å². The van der Waals surface area contributed by atoms with Gasteiger partial charge in [0.25, 0.3) is 0 Å². The number of nitrogens with one attached hydrogen (secondary N) is 2. The Morgan fingerprint density at radius 1 is 1.22 bits per heavy atom. The molecule has 0 atom stereocenters. The maximum Gasteiger partial charge on any atom is 0.323 e. The smallest absolute Gasteiger partial charge is 0.323 e. The Morgan fingerprint density at radius 2 is 1.94 bits per heavy atom. The van der Waals surface area contributed by atoms with E-state index in [9.17, 15) is 0 Å². The summed E-state index contributed by atoms with van der Waals surface area (Å²) in [5, 5.41) is 6.42. The zero-order valence-electron chi connectivity index (χ0n) is 11.2. The minimum absolute atomic E-state index is 0.0557. The fraction of sp³-hybridized carbons (Fsp3) is 0.750. The summed E-state index contributed by atoms with van der Waals surface area (Å²) in [5.74, 6) is 1.17. The van der Waals surface area contributed by atoms with Gasteiger partial charge in [0.2, 0.25) is 11.9 Å². The molecule has 1 heterocycles. The van der Waals surface area contributed by atoms with Gasteiger partial charge in [-0.15, -0.1) is 0 Å². The molecule has 1 saturated carbocycles. The van der Waals surface area contributed by atoms with Crippen molar-refractivity contribution in [1.82, 2.24) is 15.0 Å². The van der Waals surface area contributed by atoms with Gasteiger partial charge in [0.05, 0.1) is 6.10 Å². The summed E-state index contributed by atoms with van der Waals surface area (Å²) in [6, 6.07) is 0.889. The van der Waals surface area contributed by atoms with E-state index in [-0.39, 0.29) is 6.10 Å². The van der Waals surface area contributed by atoms with Gasteiger partial charge in [0, 0.05) is 12.6 Å². The molecule has 1 fully saturated rings. The van der Waals surface area contributed by atoms with Crippen LogP contribution in [0.15, 0.2) is 0 Å². The fourth-order valence-corrected chi connectivity index (χ4v) is 1.41. The van der Waals surface area contributed by atoms with Crippen molar-refractivity contribution in [2.45, 2.75) is 52.2 Å². The average Bonchev–Trinajstić information content (AvgIpc) is 3.09. The molecule has 6 nitrogen and oxygen atoms in total. The molecule has 18 heavy (non-hydrogen) atoms. The van der Waals surface area contributed by atoms with E-state index in [2.05, 4.69) is 32.5 Å². The van der Waals surface area contributed by atoms with Gasteiger partial charge in [-0.1, -0.05) is 6.92 Å². The molecule has 6 heteroatoms. The van der Waals surface area contributed by atoms with E-state index in [1.165, 1.54) is 12.8 Å². The Kier molecular flexibility index (Phi) is 4.17. The fourth-order valence-electron chi connectivity index (χ4n) is 1.41. The highest BCUT2D eigenvalue weighted by atomic mass is 16.5. The van der Waals surface area contributed by atoms with Crippen molar-refractivity contribution in [2.24, 2.45) is 0 Å². The van der Waals surface area contributed by atoms with Crippen molar-refractivity contribution in [2.75, 3.05) is 17.2 Å². The third-order valence-electron chi connectivity index (χ3n) is 2.40. The van der Waals surface area contributed by atoms with Crippen LogP contribution in [-0.4, -0.2) is 33.6 Å². The van der Waals surface area contributed by atoms with Crippen molar-refractivity contribution in [3.63, 3.8) is 0 Å². The van der Waals surface area contributed by atoms with Crippen molar-refractivity contribution in [1.29, 1.82) is 0 Å². The average molecular weight is 251 g/mol. The summed E-state index contributed by atoms with van der Waals surface area (Å²) >= 11 is 0. The first-order valence-electron chi connectivity index (χ1n) is 6.60. The maximum atomic E-state index is 5.54. The lowest BCUT2D eigenvalue weighted by Crippen LogP contribution is -2.14. The third-order valence-corrected chi connectivity index (χ3v) is 2.40. The first-order chi connectivity index (χ1) is 8.67. The lowest BCUT2D eigenvalue weighted by molar-refractivity contribution is 0.222. The molecule has 0 saturated heterocycles. The van der Waals surface area contributed by atoms with Crippen LogP contribution in [0.3, 0.4) is 0 Å². The molecule has 2 N–H and O–H groups in total. The SMILES string of the molecule is CCCNc1nc(NC2CC2)nc(OC(C)C)n1. The number of ether oxygens (including phenoxy) is 1. The second kappa shape index (κ2) is 5.84. The van der Waals surface area contributed by atoms with E-state index in [0.29, 0.717) is 23.9 Å². The third kappa shape index (κ3) is 4.01. The van der Waals surface area contributed by atoms with Crippen molar-refractivity contribution >= 4 is 11.9 Å². The number of hydrogen-bond donors (Lipinski definition) is 2. The van der Waals surface area contributed by atoms with Crippen molar-refractivity contribution in [3.05, 3.63) is 0 Å². The minimum Gasteiger partial charge on any atom is -0.461 e. The molecule has 2 rings (SSSR count). The second-order valence-electron chi connectivity index (χ2n) is 4.78. The van der Waals surface area contributed by atoms with Gasteiger partial charge in [0.1, 0.15) is 0 Å². The van der Waals surface area contributed by atoms with Gasteiger partial charge in [-0.05, 0) is 33.1 Å². The van der Waals surface area contributed by atoms with Crippen LogP contribution in [0.5, 0.6) is 6.01 Å². The minimum atomic E-state index is 0.0557. The molecular formula is C12H21N5O. The zero-order valence-corrected chi connectivity index (χ0v) is 11.2. The molecule has 1 aromatic rings. The lowest BCUT2D eigenvalue weighted by Gasteiger charge is -2.11. The molecule has 0 amide bonds. The summed E-state index contributed by atoms with van der Waals surface area (Å²) < 4.78 is 5.54. The largest absolute Gasteiger partial charge is 0.461 e. The molecule has 0 aromatic carbocycles. The van der Waals surface area contributed by atoms with E-state index in [1.54, 1.807) is 0 Å². The van der Waals surface area contributed by atoms with Gasteiger partial charge < -0.3 is 15.4 Å². The van der Waals surface area contributed by atoms with E-state index in [1.807, 2.05) is 13.8 Å². The van der Waals surface area contributed by atoms with Crippen LogP contribution >= 0.6 is 0 Å². The Labute approximate surface area is 108 Å². The van der Waals surface area contributed by atoms with Crippen LogP contribution in [0, 0.1) is 0 Å². The molecule has 0 unspecified atom stereocenters. The number of rotatable bonds is 7. The topological polar surface area (TPSA) is 72.0 Å². The Balaban J connectivity index is 2.10. The molecule has 0 aliphatic heterocycles. The van der Waals surface area contributed by atoms with Gasteiger partial charge in [0.15, 0.2) is 0 Å². The van der Waals surface area contributed by atoms with Gasteiger partial charge in [-0.2, -0.15) is 15.0 Å². The van der Waals surface area contributed by atoms with Crippen LogP contribution in [0.4, 0.5) is 11.9 Å². The Hall–Kier alpha value is -1.59. The highest BCUT2D eigenvalue weighted by molar-refractivity contribution is 5.37. The summed E-state index contributed by atoms with van der Waals surface area (Å²) in [5.41, 5.74) is 0. The van der Waals surface area contributed by atoms with Crippen LogP contribution in [-0.2, 0) is 0 Å². The zero-order chi connectivity index (χ0) is 13.0. The van der Waals surface area contributed by atoms with E-state index < -0.39 is 0 Å². The Bertz CT molecular complexity index is 370. The number of aromatic nitrogens is 3. The van der Waals surface area contributed by atoms with Crippen LogP contribution in [0.25, 0.3) is 0 Å². The summed E-state index contributed by atoms with van der Waals surface area (Å²) in [4.78, 5) is 12.8. The number of anilines is 2. The molecule has 0 spiro atoms. The monoisotopic (exact) mass is 251 g/mol. The molecular weight excluding hydrogens is 230 g/mol. The Morgan fingerprint density at radius 3 is 2.56 bits per heavy atom. The van der Waals surface area contributed by atoms with E-state index in [0.717, 1.165) is 13.0 Å².